The highest BCUT2D eigenvalue weighted by Gasteiger charge is 2.23. The first-order chi connectivity index (χ1) is 9.17. The van der Waals surface area contributed by atoms with E-state index in [-0.39, 0.29) is 5.78 Å². The summed E-state index contributed by atoms with van der Waals surface area (Å²) in [4.78, 5) is 12.3. The minimum atomic E-state index is 0.0794. The molecule has 19 heavy (non-hydrogen) atoms. The number of carbonyl (C=O) groups excluding carboxylic acids is 1. The maximum Gasteiger partial charge on any atom is 0.167 e. The molecule has 1 aromatic carbocycles. The lowest BCUT2D eigenvalue weighted by Crippen LogP contribution is -2.10. The van der Waals surface area contributed by atoms with E-state index in [0.29, 0.717) is 40.5 Å². The number of hydrogen-bond donors (Lipinski definition) is 0. The van der Waals surface area contributed by atoms with Crippen LogP contribution in [0.5, 0.6) is 11.5 Å². The summed E-state index contributed by atoms with van der Waals surface area (Å²) < 4.78 is 16.5. The van der Waals surface area contributed by atoms with E-state index >= 15 is 0 Å². The van der Waals surface area contributed by atoms with Gasteiger partial charge >= 0.3 is 0 Å². The smallest absolute Gasteiger partial charge is 0.167 e. The summed E-state index contributed by atoms with van der Waals surface area (Å²) in [7, 11) is 3.13. The maximum absolute atomic E-state index is 12.3. The van der Waals surface area contributed by atoms with Crippen LogP contribution in [0.1, 0.15) is 23.2 Å². The summed E-state index contributed by atoms with van der Waals surface area (Å²) in [6.07, 6.45) is 1.44. The van der Waals surface area contributed by atoms with Crippen molar-refractivity contribution in [3.63, 3.8) is 0 Å². The normalized spacial score (nSPS) is 18.4. The molecule has 0 bridgehead atoms. The molecular weight excluding hydrogens is 312 g/mol. The molecule has 0 spiro atoms. The van der Waals surface area contributed by atoms with Crippen LogP contribution in [0.2, 0.25) is 0 Å². The predicted octanol–water partition coefficient (Wildman–Crippen LogP) is 3.08. The largest absolute Gasteiger partial charge is 0.495 e. The van der Waals surface area contributed by atoms with Crippen LogP contribution in [-0.2, 0) is 4.74 Å². The molecule has 0 saturated carbocycles. The van der Waals surface area contributed by atoms with E-state index in [1.165, 1.54) is 0 Å². The second-order valence-corrected chi connectivity index (χ2v) is 5.31. The summed E-state index contributed by atoms with van der Waals surface area (Å²) >= 11 is 3.41. The van der Waals surface area contributed by atoms with Crippen LogP contribution in [0.3, 0.4) is 0 Å². The van der Waals surface area contributed by atoms with Crippen LogP contribution in [0, 0.1) is 5.92 Å². The lowest BCUT2D eigenvalue weighted by molar-refractivity contribution is 0.0949. The van der Waals surface area contributed by atoms with Crippen molar-refractivity contribution in [2.45, 2.75) is 12.8 Å². The Hall–Kier alpha value is -1.07. The third-order valence-corrected chi connectivity index (χ3v) is 4.04. The first kappa shape index (κ1) is 14.3. The second kappa shape index (κ2) is 6.39. The molecule has 1 aromatic rings. The van der Waals surface area contributed by atoms with Gasteiger partial charge in [0.15, 0.2) is 5.78 Å². The molecule has 0 amide bonds. The molecule has 0 radical (unpaired) electrons. The number of ketones is 1. The number of ether oxygens (including phenoxy) is 3. The molecule has 1 aliphatic rings. The Labute approximate surface area is 121 Å². The molecule has 1 saturated heterocycles. The van der Waals surface area contributed by atoms with Gasteiger partial charge in [-0.25, -0.2) is 0 Å². The first-order valence-electron chi connectivity index (χ1n) is 6.18. The number of halogens is 1. The first-order valence-corrected chi connectivity index (χ1v) is 6.98. The van der Waals surface area contributed by atoms with Gasteiger partial charge in [-0.05, 0) is 40.4 Å². The van der Waals surface area contributed by atoms with E-state index in [0.717, 1.165) is 13.0 Å². The van der Waals surface area contributed by atoms with Crippen molar-refractivity contribution in [3.05, 3.63) is 22.2 Å². The van der Waals surface area contributed by atoms with Gasteiger partial charge in [0.25, 0.3) is 0 Å². The van der Waals surface area contributed by atoms with Gasteiger partial charge in [0.2, 0.25) is 0 Å². The van der Waals surface area contributed by atoms with Gasteiger partial charge in [0.1, 0.15) is 16.0 Å². The van der Waals surface area contributed by atoms with Gasteiger partial charge in [0, 0.05) is 19.6 Å². The van der Waals surface area contributed by atoms with Crippen LogP contribution in [-0.4, -0.2) is 33.2 Å². The Kier molecular flexibility index (Phi) is 4.82. The average Bonchev–Trinajstić information content (AvgIpc) is 2.91. The Morgan fingerprint density at radius 2 is 2.21 bits per heavy atom. The third-order valence-electron chi connectivity index (χ3n) is 3.28. The minimum Gasteiger partial charge on any atom is -0.495 e. The van der Waals surface area contributed by atoms with Crippen molar-refractivity contribution >= 4 is 21.7 Å². The van der Waals surface area contributed by atoms with Crippen LogP contribution < -0.4 is 9.47 Å². The predicted molar refractivity (Wildman–Crippen MR) is 75.1 cm³/mol. The third kappa shape index (κ3) is 3.09. The lowest BCUT2D eigenvalue weighted by Gasteiger charge is -2.13. The van der Waals surface area contributed by atoms with Crippen molar-refractivity contribution in [1.29, 1.82) is 0 Å². The van der Waals surface area contributed by atoms with Crippen molar-refractivity contribution in [1.82, 2.24) is 0 Å². The van der Waals surface area contributed by atoms with Crippen LogP contribution >= 0.6 is 15.9 Å². The number of carbonyl (C=O) groups is 1. The maximum atomic E-state index is 12.3. The monoisotopic (exact) mass is 328 g/mol. The number of rotatable bonds is 5. The Morgan fingerprint density at radius 3 is 2.79 bits per heavy atom. The molecule has 5 heteroatoms. The molecule has 1 fully saturated rings. The van der Waals surface area contributed by atoms with Crippen molar-refractivity contribution in [2.24, 2.45) is 5.92 Å². The van der Waals surface area contributed by atoms with Gasteiger partial charge in [-0.3, -0.25) is 4.79 Å². The van der Waals surface area contributed by atoms with Gasteiger partial charge in [-0.2, -0.15) is 0 Å². The molecule has 1 aliphatic heterocycles. The highest BCUT2D eigenvalue weighted by atomic mass is 79.9. The van der Waals surface area contributed by atoms with E-state index in [9.17, 15) is 4.79 Å². The van der Waals surface area contributed by atoms with Crippen molar-refractivity contribution in [3.8, 4) is 11.5 Å². The highest BCUT2D eigenvalue weighted by molar-refractivity contribution is 9.10. The fourth-order valence-electron chi connectivity index (χ4n) is 2.23. The van der Waals surface area contributed by atoms with Gasteiger partial charge in [-0.1, -0.05) is 0 Å². The molecule has 0 aliphatic carbocycles. The van der Waals surface area contributed by atoms with E-state index < -0.39 is 0 Å². The Morgan fingerprint density at radius 1 is 1.42 bits per heavy atom. The molecule has 1 unspecified atom stereocenters. The Bertz CT molecular complexity index is 467. The van der Waals surface area contributed by atoms with Gasteiger partial charge < -0.3 is 14.2 Å². The van der Waals surface area contributed by atoms with E-state index in [2.05, 4.69) is 15.9 Å². The minimum absolute atomic E-state index is 0.0794. The van der Waals surface area contributed by atoms with Crippen LogP contribution in [0.4, 0.5) is 0 Å². The Balaban J connectivity index is 2.23. The fourth-order valence-corrected chi connectivity index (χ4v) is 2.90. The SMILES string of the molecule is COc1ccc(C(=O)CC2CCOC2)c(OC)c1Br. The molecular formula is C14H17BrO4. The molecule has 4 nitrogen and oxygen atoms in total. The quantitative estimate of drug-likeness (QED) is 0.779. The van der Waals surface area contributed by atoms with E-state index in [1.807, 2.05) is 0 Å². The van der Waals surface area contributed by atoms with Crippen LogP contribution in [0.25, 0.3) is 0 Å². The lowest BCUT2D eigenvalue weighted by atomic mass is 9.97. The highest BCUT2D eigenvalue weighted by Crippen LogP contribution is 2.38. The average molecular weight is 329 g/mol. The van der Waals surface area contributed by atoms with E-state index in [4.69, 9.17) is 14.2 Å². The van der Waals surface area contributed by atoms with Crippen molar-refractivity contribution in [2.75, 3.05) is 27.4 Å². The standard InChI is InChI=1S/C14H17BrO4/c1-17-12-4-3-10(14(18-2)13(12)15)11(16)7-9-5-6-19-8-9/h3-4,9H,5-8H2,1-2H3. The molecule has 1 heterocycles. The van der Waals surface area contributed by atoms with Gasteiger partial charge in [0.05, 0.1) is 19.8 Å². The zero-order valence-corrected chi connectivity index (χ0v) is 12.7. The summed E-state index contributed by atoms with van der Waals surface area (Å²) in [5.41, 5.74) is 0.585. The number of hydrogen-bond acceptors (Lipinski definition) is 4. The molecule has 0 N–H and O–H groups in total. The fraction of sp³-hybridized carbons (Fsp3) is 0.500. The number of methoxy groups -OCH3 is 2. The van der Waals surface area contributed by atoms with Crippen LogP contribution in [0.15, 0.2) is 16.6 Å². The molecule has 104 valence electrons. The zero-order chi connectivity index (χ0) is 13.8. The number of benzene rings is 1. The van der Waals surface area contributed by atoms with Crippen molar-refractivity contribution < 1.29 is 19.0 Å². The topological polar surface area (TPSA) is 44.8 Å². The molecule has 2 rings (SSSR count). The number of Topliss-reactive ketones (excluding diaryl/α,β-unsaturated/α-hetero) is 1. The summed E-state index contributed by atoms with van der Waals surface area (Å²) in [6.45, 7) is 1.42. The van der Waals surface area contributed by atoms with Gasteiger partial charge in [-0.15, -0.1) is 0 Å². The zero-order valence-electron chi connectivity index (χ0n) is 11.1. The molecule has 1 atom stereocenters. The summed E-state index contributed by atoms with van der Waals surface area (Å²) in [6, 6.07) is 3.52. The summed E-state index contributed by atoms with van der Waals surface area (Å²) in [5.74, 6) is 1.58. The summed E-state index contributed by atoms with van der Waals surface area (Å²) in [5, 5.41) is 0. The molecule has 0 aromatic heterocycles. The second-order valence-electron chi connectivity index (χ2n) is 4.52. The van der Waals surface area contributed by atoms with E-state index in [1.54, 1.807) is 26.4 Å².